The molecule has 0 fully saturated rings. The number of carbonyl (C=O) groups excluding carboxylic acids is 1. The fourth-order valence-electron chi connectivity index (χ4n) is 3.50. The van der Waals surface area contributed by atoms with Crippen molar-refractivity contribution in [3.05, 3.63) is 97.8 Å². The van der Waals surface area contributed by atoms with Gasteiger partial charge in [-0.15, -0.1) is 0 Å². The van der Waals surface area contributed by atoms with Crippen molar-refractivity contribution in [2.45, 2.75) is 26.3 Å². The molecule has 2 heterocycles. The van der Waals surface area contributed by atoms with E-state index in [0.717, 1.165) is 34.0 Å². The van der Waals surface area contributed by atoms with Crippen molar-refractivity contribution in [3.63, 3.8) is 0 Å². The van der Waals surface area contributed by atoms with Crippen molar-refractivity contribution >= 4 is 44.0 Å². The Morgan fingerprint density at radius 2 is 1.74 bits per heavy atom. The van der Waals surface area contributed by atoms with Crippen molar-refractivity contribution in [1.82, 2.24) is 9.97 Å². The summed E-state index contributed by atoms with van der Waals surface area (Å²) < 4.78 is 0.880. The third-order valence-corrected chi connectivity index (χ3v) is 6.20. The van der Waals surface area contributed by atoms with Crippen LogP contribution < -0.4 is 4.90 Å². The quantitative estimate of drug-likeness (QED) is 0.254. The van der Waals surface area contributed by atoms with E-state index >= 15 is 0 Å². The number of para-hydroxylation sites is 1. The second-order valence-electron chi connectivity index (χ2n) is 7.81. The highest BCUT2D eigenvalue weighted by Crippen LogP contribution is 2.35. The normalized spacial score (nSPS) is 11.0. The van der Waals surface area contributed by atoms with Crippen LogP contribution in [0.4, 0.5) is 16.5 Å². The maximum absolute atomic E-state index is 13.6. The van der Waals surface area contributed by atoms with Gasteiger partial charge >= 0.3 is 0 Å². The Morgan fingerprint density at radius 1 is 1.03 bits per heavy atom. The molecule has 0 aliphatic rings. The highest BCUT2D eigenvalue weighted by molar-refractivity contribution is 7.22. The Morgan fingerprint density at radius 3 is 2.32 bits per heavy atom. The van der Waals surface area contributed by atoms with Gasteiger partial charge in [0.15, 0.2) is 5.13 Å². The number of benzene rings is 2. The van der Waals surface area contributed by atoms with Gasteiger partial charge in [0, 0.05) is 18.3 Å². The number of nitrogens with zero attached hydrogens (tertiary/aromatic N) is 5. The van der Waals surface area contributed by atoms with Crippen LogP contribution in [0.2, 0.25) is 0 Å². The molecule has 10 nitrogen and oxygen atoms in total. The van der Waals surface area contributed by atoms with E-state index in [9.17, 15) is 25.0 Å². The van der Waals surface area contributed by atoms with Crippen LogP contribution in [0.3, 0.4) is 0 Å². The molecule has 1 amide bonds. The third kappa shape index (κ3) is 4.59. The molecule has 34 heavy (non-hydrogen) atoms. The van der Waals surface area contributed by atoms with Crippen LogP contribution in [0.25, 0.3) is 10.2 Å². The zero-order valence-electron chi connectivity index (χ0n) is 18.2. The van der Waals surface area contributed by atoms with E-state index in [1.165, 1.54) is 16.2 Å². The number of carbonyl (C=O) groups is 1. The lowest BCUT2D eigenvalue weighted by Crippen LogP contribution is -2.30. The van der Waals surface area contributed by atoms with Crippen LogP contribution in [0.1, 0.15) is 41.4 Å². The average Bonchev–Trinajstić information content (AvgIpc) is 3.26. The standard InChI is InChI=1S/C23H19N5O5S/c1-14(2)19-7-5-8-20-21(19)25-23(34-20)26(13-16-6-3-4-9-24-16)22(29)15-10-17(27(30)31)12-18(11-15)28(32)33/h3-12,14H,13H2,1-2H3. The van der Waals surface area contributed by atoms with Gasteiger partial charge in [-0.25, -0.2) is 4.98 Å². The van der Waals surface area contributed by atoms with Crippen molar-refractivity contribution < 1.29 is 14.6 Å². The number of hydrogen-bond donors (Lipinski definition) is 0. The number of nitro benzene ring substituents is 2. The summed E-state index contributed by atoms with van der Waals surface area (Å²) in [4.78, 5) is 45.1. The van der Waals surface area contributed by atoms with Gasteiger partial charge in [0.25, 0.3) is 17.3 Å². The first kappa shape index (κ1) is 22.9. The molecule has 0 saturated heterocycles. The number of fused-ring (bicyclic) bond motifs is 1. The first-order valence-electron chi connectivity index (χ1n) is 10.3. The maximum Gasteiger partial charge on any atom is 0.277 e. The Balaban J connectivity index is 1.85. The monoisotopic (exact) mass is 477 g/mol. The summed E-state index contributed by atoms with van der Waals surface area (Å²) in [5.74, 6) is -0.444. The molecule has 0 N–H and O–H groups in total. The molecule has 0 saturated carbocycles. The van der Waals surface area contributed by atoms with Crippen LogP contribution in [-0.4, -0.2) is 25.7 Å². The number of amides is 1. The zero-order valence-corrected chi connectivity index (χ0v) is 19.1. The van der Waals surface area contributed by atoms with Crippen LogP contribution >= 0.6 is 11.3 Å². The van der Waals surface area contributed by atoms with Gasteiger partial charge < -0.3 is 0 Å². The van der Waals surface area contributed by atoms with Gasteiger partial charge in [-0.3, -0.25) is 34.9 Å². The summed E-state index contributed by atoms with van der Waals surface area (Å²) in [5.41, 5.74) is 1.10. The third-order valence-electron chi connectivity index (χ3n) is 5.15. The largest absolute Gasteiger partial charge is 0.278 e. The number of hydrogen-bond acceptors (Lipinski definition) is 8. The molecule has 0 unspecified atom stereocenters. The van der Waals surface area contributed by atoms with E-state index in [1.807, 2.05) is 32.0 Å². The number of nitro groups is 2. The molecular formula is C23H19N5O5S. The molecular weight excluding hydrogens is 458 g/mol. The van der Waals surface area contributed by atoms with Gasteiger partial charge in [-0.1, -0.05) is 43.4 Å². The van der Waals surface area contributed by atoms with E-state index in [2.05, 4.69) is 4.98 Å². The van der Waals surface area contributed by atoms with E-state index in [1.54, 1.807) is 24.4 Å². The Kier molecular flexibility index (Phi) is 6.28. The molecule has 0 bridgehead atoms. The van der Waals surface area contributed by atoms with Gasteiger partial charge in [0.2, 0.25) is 0 Å². The van der Waals surface area contributed by atoms with Crippen LogP contribution in [0.5, 0.6) is 0 Å². The predicted octanol–water partition coefficient (Wildman–Crippen LogP) is 5.48. The van der Waals surface area contributed by atoms with E-state index in [0.29, 0.717) is 10.8 Å². The minimum Gasteiger partial charge on any atom is -0.278 e. The summed E-state index contributed by atoms with van der Waals surface area (Å²) >= 11 is 1.30. The van der Waals surface area contributed by atoms with Gasteiger partial charge in [0.1, 0.15) is 0 Å². The molecule has 4 rings (SSSR count). The number of aromatic nitrogens is 2. The molecule has 11 heteroatoms. The lowest BCUT2D eigenvalue weighted by molar-refractivity contribution is -0.394. The fraction of sp³-hybridized carbons (Fsp3) is 0.174. The fourth-order valence-corrected chi connectivity index (χ4v) is 4.50. The number of anilines is 1. The summed E-state index contributed by atoms with van der Waals surface area (Å²) in [6.07, 6.45) is 1.59. The number of rotatable bonds is 7. The summed E-state index contributed by atoms with van der Waals surface area (Å²) in [6, 6.07) is 14.0. The van der Waals surface area contributed by atoms with Crippen molar-refractivity contribution in [2.24, 2.45) is 0 Å². The molecule has 0 aliphatic heterocycles. The van der Waals surface area contributed by atoms with Crippen molar-refractivity contribution in [2.75, 3.05) is 4.90 Å². The van der Waals surface area contributed by atoms with Gasteiger partial charge in [-0.2, -0.15) is 0 Å². The lowest BCUT2D eigenvalue weighted by atomic mass is 10.0. The van der Waals surface area contributed by atoms with E-state index in [4.69, 9.17) is 4.98 Å². The smallest absolute Gasteiger partial charge is 0.277 e. The number of pyridine rings is 1. The van der Waals surface area contributed by atoms with Crippen molar-refractivity contribution in [1.29, 1.82) is 0 Å². The molecule has 4 aromatic rings. The van der Waals surface area contributed by atoms with Crippen LogP contribution in [0, 0.1) is 20.2 Å². The van der Waals surface area contributed by atoms with E-state index < -0.39 is 27.1 Å². The summed E-state index contributed by atoms with van der Waals surface area (Å²) in [7, 11) is 0. The molecule has 0 atom stereocenters. The summed E-state index contributed by atoms with van der Waals surface area (Å²) in [6.45, 7) is 4.13. The van der Waals surface area contributed by atoms with E-state index in [-0.39, 0.29) is 18.0 Å². The molecule has 0 aliphatic carbocycles. The number of non-ortho nitro benzene ring substituents is 2. The molecule has 0 spiro atoms. The van der Waals surface area contributed by atoms with Crippen molar-refractivity contribution in [3.8, 4) is 0 Å². The Bertz CT molecular complexity index is 1370. The topological polar surface area (TPSA) is 132 Å². The Labute approximate surface area is 197 Å². The number of thiazole rings is 1. The van der Waals surface area contributed by atoms with Crippen LogP contribution in [0.15, 0.2) is 60.8 Å². The average molecular weight is 478 g/mol. The van der Waals surface area contributed by atoms with Crippen LogP contribution in [-0.2, 0) is 6.54 Å². The first-order chi connectivity index (χ1) is 16.2. The van der Waals surface area contributed by atoms with Gasteiger partial charge in [0.05, 0.1) is 43.9 Å². The highest BCUT2D eigenvalue weighted by atomic mass is 32.1. The molecule has 172 valence electrons. The second-order valence-corrected chi connectivity index (χ2v) is 8.82. The SMILES string of the molecule is CC(C)c1cccc2sc(N(Cc3ccccn3)C(=O)c3cc([N+](=O)[O-])cc([N+](=O)[O-])c3)nc12. The molecule has 2 aromatic heterocycles. The molecule has 2 aromatic carbocycles. The first-order valence-corrected chi connectivity index (χ1v) is 11.1. The minimum absolute atomic E-state index is 0.0347. The zero-order chi connectivity index (χ0) is 24.4. The Hall–Kier alpha value is -4.25. The lowest BCUT2D eigenvalue weighted by Gasteiger charge is -2.19. The summed E-state index contributed by atoms with van der Waals surface area (Å²) in [5, 5.41) is 23.0. The maximum atomic E-state index is 13.6. The van der Waals surface area contributed by atoms with Gasteiger partial charge in [-0.05, 0) is 29.7 Å². The highest BCUT2D eigenvalue weighted by Gasteiger charge is 2.27. The second kappa shape index (κ2) is 9.32. The predicted molar refractivity (Wildman–Crippen MR) is 128 cm³/mol. The molecule has 0 radical (unpaired) electrons. The minimum atomic E-state index is -0.764.